The van der Waals surface area contributed by atoms with Crippen molar-refractivity contribution in [3.63, 3.8) is 0 Å². The van der Waals surface area contributed by atoms with Gasteiger partial charge in [0.2, 0.25) is 0 Å². The first-order chi connectivity index (χ1) is 6.15. The Morgan fingerprint density at radius 3 is 2.77 bits per heavy atom. The van der Waals surface area contributed by atoms with Crippen molar-refractivity contribution in [1.29, 1.82) is 0 Å². The molecule has 1 atom stereocenters. The van der Waals surface area contributed by atoms with Gasteiger partial charge >= 0.3 is 0 Å². The molecule has 0 amide bonds. The van der Waals surface area contributed by atoms with E-state index in [0.717, 1.165) is 4.47 Å². The van der Waals surface area contributed by atoms with E-state index in [1.807, 2.05) is 0 Å². The molecule has 0 bridgehead atoms. The third-order valence-electron chi connectivity index (χ3n) is 1.48. The maximum absolute atomic E-state index is 11.5. The van der Waals surface area contributed by atoms with Crippen LogP contribution in [0.4, 0.5) is 5.69 Å². The van der Waals surface area contributed by atoms with Gasteiger partial charge in [-0.1, -0.05) is 0 Å². The summed E-state index contributed by atoms with van der Waals surface area (Å²) in [6.07, 6.45) is 0. The summed E-state index contributed by atoms with van der Waals surface area (Å²) in [6.45, 7) is -0.0799. The highest BCUT2D eigenvalue weighted by molar-refractivity contribution is 9.10. The third-order valence-corrected chi connectivity index (χ3v) is 3.80. The standard InChI is InChI=1S/C8H10BrNO2S/c9-7-5-6(10)1-2-8(7)13(12)4-3-11/h1-2,5,11H,3-4,10H2. The highest BCUT2D eigenvalue weighted by Crippen LogP contribution is 2.22. The second-order valence-corrected chi connectivity index (χ2v) is 4.86. The quantitative estimate of drug-likeness (QED) is 0.804. The van der Waals surface area contributed by atoms with Crippen molar-refractivity contribution in [2.45, 2.75) is 4.90 Å². The number of aliphatic hydroxyl groups excluding tert-OH is 1. The number of anilines is 1. The minimum atomic E-state index is -1.16. The van der Waals surface area contributed by atoms with Crippen molar-refractivity contribution < 1.29 is 9.32 Å². The van der Waals surface area contributed by atoms with Gasteiger partial charge in [-0.15, -0.1) is 0 Å². The lowest BCUT2D eigenvalue weighted by atomic mass is 10.3. The van der Waals surface area contributed by atoms with E-state index in [4.69, 9.17) is 10.8 Å². The van der Waals surface area contributed by atoms with E-state index in [0.29, 0.717) is 10.6 Å². The minimum Gasteiger partial charge on any atom is -0.399 e. The second-order valence-electron chi connectivity index (χ2n) is 2.46. The molecule has 0 spiro atoms. The summed E-state index contributed by atoms with van der Waals surface area (Å²) in [5, 5.41) is 8.61. The molecule has 0 aliphatic rings. The van der Waals surface area contributed by atoms with E-state index in [-0.39, 0.29) is 12.4 Å². The molecule has 0 heterocycles. The molecular weight excluding hydrogens is 254 g/mol. The first-order valence-corrected chi connectivity index (χ1v) is 5.80. The number of rotatable bonds is 3. The molecule has 72 valence electrons. The Morgan fingerprint density at radius 2 is 2.23 bits per heavy atom. The molecule has 0 fully saturated rings. The Labute approximate surface area is 87.5 Å². The third kappa shape index (κ3) is 2.79. The molecule has 0 saturated heterocycles. The fourth-order valence-electron chi connectivity index (χ4n) is 0.895. The average molecular weight is 264 g/mol. The van der Waals surface area contributed by atoms with E-state index in [1.165, 1.54) is 0 Å². The fourth-order valence-corrected chi connectivity index (χ4v) is 2.71. The van der Waals surface area contributed by atoms with Crippen LogP contribution in [0.2, 0.25) is 0 Å². The van der Waals surface area contributed by atoms with Crippen molar-refractivity contribution in [1.82, 2.24) is 0 Å². The van der Waals surface area contributed by atoms with Crippen LogP contribution in [-0.4, -0.2) is 21.7 Å². The highest BCUT2D eigenvalue weighted by Gasteiger charge is 2.07. The summed E-state index contributed by atoms with van der Waals surface area (Å²) in [6, 6.07) is 5.09. The van der Waals surface area contributed by atoms with E-state index in [9.17, 15) is 4.21 Å². The minimum absolute atomic E-state index is 0.0799. The number of halogens is 1. The second kappa shape index (κ2) is 4.74. The summed E-state index contributed by atoms with van der Waals surface area (Å²) < 4.78 is 12.2. The Balaban J connectivity index is 2.95. The zero-order valence-corrected chi connectivity index (χ0v) is 9.27. The molecule has 5 heteroatoms. The topological polar surface area (TPSA) is 63.3 Å². The molecule has 1 aromatic rings. The molecule has 0 aliphatic carbocycles. The van der Waals surface area contributed by atoms with Crippen molar-refractivity contribution in [3.8, 4) is 0 Å². The van der Waals surface area contributed by atoms with Gasteiger partial charge in [-0.05, 0) is 34.1 Å². The van der Waals surface area contributed by atoms with Crippen LogP contribution in [0.5, 0.6) is 0 Å². The van der Waals surface area contributed by atoms with Crippen LogP contribution in [0.15, 0.2) is 27.6 Å². The van der Waals surface area contributed by atoms with Crippen LogP contribution in [0.1, 0.15) is 0 Å². The number of aliphatic hydroxyl groups is 1. The maximum atomic E-state index is 11.5. The van der Waals surface area contributed by atoms with E-state index >= 15 is 0 Å². The van der Waals surface area contributed by atoms with Gasteiger partial charge in [-0.3, -0.25) is 4.21 Å². The molecular formula is C8H10BrNO2S. The molecule has 1 rings (SSSR count). The normalized spacial score (nSPS) is 12.8. The van der Waals surface area contributed by atoms with Crippen LogP contribution in [0.25, 0.3) is 0 Å². The van der Waals surface area contributed by atoms with Gasteiger partial charge in [-0.2, -0.15) is 0 Å². The van der Waals surface area contributed by atoms with Crippen molar-refractivity contribution in [2.75, 3.05) is 18.1 Å². The molecule has 3 nitrogen and oxygen atoms in total. The monoisotopic (exact) mass is 263 g/mol. The van der Waals surface area contributed by atoms with Crippen LogP contribution < -0.4 is 5.73 Å². The van der Waals surface area contributed by atoms with Gasteiger partial charge < -0.3 is 10.8 Å². The largest absolute Gasteiger partial charge is 0.399 e. The number of hydrogen-bond acceptors (Lipinski definition) is 3. The summed E-state index contributed by atoms with van der Waals surface area (Å²) in [5.41, 5.74) is 6.15. The Hall–Kier alpha value is -0.390. The lowest BCUT2D eigenvalue weighted by Crippen LogP contribution is -2.03. The van der Waals surface area contributed by atoms with Crippen LogP contribution in [0, 0.1) is 0 Å². The lowest BCUT2D eigenvalue weighted by molar-refractivity contribution is 0.321. The van der Waals surface area contributed by atoms with E-state index in [2.05, 4.69) is 15.9 Å². The van der Waals surface area contributed by atoms with Crippen LogP contribution in [-0.2, 0) is 10.8 Å². The molecule has 1 unspecified atom stereocenters. The Bertz CT molecular complexity index is 330. The molecule has 0 aromatic heterocycles. The SMILES string of the molecule is Nc1ccc(S(=O)CCO)c(Br)c1. The molecule has 13 heavy (non-hydrogen) atoms. The first-order valence-electron chi connectivity index (χ1n) is 3.69. The smallest absolute Gasteiger partial charge is 0.0564 e. The lowest BCUT2D eigenvalue weighted by Gasteiger charge is -2.03. The molecule has 3 N–H and O–H groups in total. The van der Waals surface area contributed by atoms with E-state index in [1.54, 1.807) is 18.2 Å². The van der Waals surface area contributed by atoms with Crippen molar-refractivity contribution in [2.24, 2.45) is 0 Å². The molecule has 0 aliphatic heterocycles. The number of benzene rings is 1. The summed E-state index contributed by atoms with van der Waals surface area (Å²) in [7, 11) is -1.16. The Morgan fingerprint density at radius 1 is 1.54 bits per heavy atom. The Kier molecular flexibility index (Phi) is 3.90. The van der Waals surface area contributed by atoms with Crippen LogP contribution >= 0.6 is 15.9 Å². The van der Waals surface area contributed by atoms with Gasteiger partial charge in [0.05, 0.1) is 28.1 Å². The van der Waals surface area contributed by atoms with Gasteiger partial charge in [0, 0.05) is 10.2 Å². The van der Waals surface area contributed by atoms with Crippen molar-refractivity contribution >= 4 is 32.4 Å². The highest BCUT2D eigenvalue weighted by atomic mass is 79.9. The predicted octanol–water partition coefficient (Wildman–Crippen LogP) is 1.13. The summed E-state index contributed by atoms with van der Waals surface area (Å²) >= 11 is 3.26. The van der Waals surface area contributed by atoms with Crippen molar-refractivity contribution in [3.05, 3.63) is 22.7 Å². The first kappa shape index (κ1) is 10.7. The average Bonchev–Trinajstić information content (AvgIpc) is 2.04. The zero-order valence-electron chi connectivity index (χ0n) is 6.87. The predicted molar refractivity (Wildman–Crippen MR) is 56.9 cm³/mol. The molecule has 1 aromatic carbocycles. The summed E-state index contributed by atoms with van der Waals surface area (Å²) in [5.74, 6) is 0.252. The number of nitrogen functional groups attached to an aromatic ring is 1. The summed E-state index contributed by atoms with van der Waals surface area (Å²) in [4.78, 5) is 0.670. The van der Waals surface area contributed by atoms with E-state index < -0.39 is 10.8 Å². The zero-order chi connectivity index (χ0) is 9.84. The van der Waals surface area contributed by atoms with Gasteiger partial charge in [0.25, 0.3) is 0 Å². The number of hydrogen-bond donors (Lipinski definition) is 2. The van der Waals surface area contributed by atoms with Gasteiger partial charge in [-0.25, -0.2) is 0 Å². The fraction of sp³-hybridized carbons (Fsp3) is 0.250. The van der Waals surface area contributed by atoms with Crippen LogP contribution in [0.3, 0.4) is 0 Å². The molecule has 0 saturated carbocycles. The molecule has 0 radical (unpaired) electrons. The maximum Gasteiger partial charge on any atom is 0.0564 e. The number of nitrogens with two attached hydrogens (primary N) is 1. The van der Waals surface area contributed by atoms with Gasteiger partial charge in [0.15, 0.2) is 0 Å². The van der Waals surface area contributed by atoms with Gasteiger partial charge in [0.1, 0.15) is 0 Å².